The topological polar surface area (TPSA) is 85.0 Å². The van der Waals surface area contributed by atoms with Crippen LogP contribution in [-0.4, -0.2) is 55.6 Å². The number of para-hydroxylation sites is 2. The van der Waals surface area contributed by atoms with Gasteiger partial charge in [0.25, 0.3) is 6.01 Å². The summed E-state index contributed by atoms with van der Waals surface area (Å²) in [6, 6.07) is 15.2. The summed E-state index contributed by atoms with van der Waals surface area (Å²) >= 11 is 0. The zero-order valence-electron chi connectivity index (χ0n) is 16.1. The van der Waals surface area contributed by atoms with Crippen molar-refractivity contribution in [1.82, 2.24) is 4.98 Å². The Labute approximate surface area is 167 Å². The van der Waals surface area contributed by atoms with E-state index in [9.17, 15) is 9.18 Å². The second-order valence-electron chi connectivity index (χ2n) is 6.47. The number of nitrogens with zero attached hydrogens (tertiary/aromatic N) is 2. The number of oxazole rings is 1. The molecule has 1 N–H and O–H groups in total. The predicted molar refractivity (Wildman–Crippen MR) is 106 cm³/mol. The molecule has 2 aromatic carbocycles. The fraction of sp³-hybridized carbons (Fsp3) is 0.333. The molecule has 1 heterocycles. The number of likely N-dealkylation sites (N-methyl/N-ethyl adjacent to an activating group) is 1. The summed E-state index contributed by atoms with van der Waals surface area (Å²) in [5.41, 5.74) is 2.31. The molecule has 0 radical (unpaired) electrons. The Morgan fingerprint density at radius 2 is 1.97 bits per heavy atom. The average molecular weight is 401 g/mol. The third-order valence-electron chi connectivity index (χ3n) is 4.32. The van der Waals surface area contributed by atoms with Gasteiger partial charge in [-0.2, -0.15) is 4.98 Å². The SMILES string of the molecule is CN(CCOc1ccc(CC(OCC[18F])C(=O)O)cc1)c1nc2ccccc2o1. The zero-order chi connectivity index (χ0) is 20.6. The molecule has 0 aliphatic heterocycles. The molecule has 1 aromatic heterocycles. The van der Waals surface area contributed by atoms with Gasteiger partial charge in [-0.25, -0.2) is 9.18 Å². The van der Waals surface area contributed by atoms with E-state index in [4.69, 9.17) is 19.0 Å². The van der Waals surface area contributed by atoms with E-state index in [1.54, 1.807) is 24.3 Å². The number of hydrogen-bond acceptors (Lipinski definition) is 6. The van der Waals surface area contributed by atoms with Crippen LogP contribution in [0.2, 0.25) is 0 Å². The van der Waals surface area contributed by atoms with Crippen LogP contribution in [0, 0.1) is 0 Å². The molecule has 1 atom stereocenters. The second kappa shape index (κ2) is 9.88. The highest BCUT2D eigenvalue weighted by atomic mass is 18.2. The fourth-order valence-electron chi connectivity index (χ4n) is 2.76. The van der Waals surface area contributed by atoms with E-state index >= 15 is 0 Å². The fourth-order valence-corrected chi connectivity index (χ4v) is 2.76. The molecule has 29 heavy (non-hydrogen) atoms. The maximum absolute atomic E-state index is 12.2. The molecule has 8 heteroatoms. The molecule has 154 valence electrons. The lowest BCUT2D eigenvalue weighted by Crippen LogP contribution is -2.27. The standard InChI is InChI=1S/C21H23FN2O5/c1-24(21-23-17-4-2-3-5-18(17)29-21)11-13-27-16-8-6-15(7-9-16)14-19(20(25)26)28-12-10-22/h2-9,19H,10-14H2,1H3,(H,25,26)/i22-1. The molecule has 7 nitrogen and oxygen atoms in total. The van der Waals surface area contributed by atoms with Gasteiger partial charge in [0.1, 0.15) is 24.5 Å². The second-order valence-corrected chi connectivity index (χ2v) is 6.47. The first-order valence-electron chi connectivity index (χ1n) is 9.25. The van der Waals surface area contributed by atoms with Crippen molar-refractivity contribution in [3.8, 4) is 5.75 Å². The quantitative estimate of drug-likeness (QED) is 0.527. The van der Waals surface area contributed by atoms with Crippen molar-refractivity contribution in [2.45, 2.75) is 12.5 Å². The van der Waals surface area contributed by atoms with Crippen molar-refractivity contribution < 1.29 is 28.2 Å². The minimum absolute atomic E-state index is 0.163. The molecule has 0 aliphatic carbocycles. The summed E-state index contributed by atoms with van der Waals surface area (Å²) in [7, 11) is 1.88. The number of rotatable bonds is 11. The number of ether oxygens (including phenoxy) is 2. The van der Waals surface area contributed by atoms with E-state index in [1.165, 1.54) is 0 Å². The van der Waals surface area contributed by atoms with Crippen molar-refractivity contribution in [2.24, 2.45) is 0 Å². The Kier molecular flexibility index (Phi) is 7.02. The number of aromatic nitrogens is 1. The molecule has 0 bridgehead atoms. The predicted octanol–water partition coefficient (Wildman–Crippen LogP) is 3.32. The van der Waals surface area contributed by atoms with Crippen molar-refractivity contribution in [1.29, 1.82) is 0 Å². The van der Waals surface area contributed by atoms with Crippen LogP contribution in [0.15, 0.2) is 52.9 Å². The molecule has 3 rings (SSSR count). The summed E-state index contributed by atoms with van der Waals surface area (Å²) in [4.78, 5) is 17.5. The molecule has 0 saturated carbocycles. The lowest BCUT2D eigenvalue weighted by atomic mass is 10.1. The lowest BCUT2D eigenvalue weighted by molar-refractivity contribution is -0.150. The van der Waals surface area contributed by atoms with Gasteiger partial charge in [0.15, 0.2) is 11.7 Å². The van der Waals surface area contributed by atoms with E-state index in [0.717, 1.165) is 16.7 Å². The number of carboxylic acid groups (broad SMARTS) is 1. The van der Waals surface area contributed by atoms with Gasteiger partial charge in [0.2, 0.25) is 0 Å². The number of halogens is 1. The summed E-state index contributed by atoms with van der Waals surface area (Å²) < 4.78 is 28.7. The van der Waals surface area contributed by atoms with Crippen LogP contribution in [0.4, 0.5) is 10.4 Å². The number of benzene rings is 2. The Morgan fingerprint density at radius 1 is 1.21 bits per heavy atom. The summed E-state index contributed by atoms with van der Waals surface area (Å²) in [5, 5.41) is 9.13. The maximum Gasteiger partial charge on any atom is 0.333 e. The van der Waals surface area contributed by atoms with E-state index in [1.807, 2.05) is 36.2 Å². The van der Waals surface area contributed by atoms with Crippen LogP contribution in [0.25, 0.3) is 11.1 Å². The zero-order valence-corrected chi connectivity index (χ0v) is 16.1. The monoisotopic (exact) mass is 401 g/mol. The van der Waals surface area contributed by atoms with E-state index < -0.39 is 18.7 Å². The highest BCUT2D eigenvalue weighted by Crippen LogP contribution is 2.20. The van der Waals surface area contributed by atoms with Crippen LogP contribution in [-0.2, 0) is 16.0 Å². The number of fused-ring (bicyclic) bond motifs is 1. The molecule has 0 fully saturated rings. The van der Waals surface area contributed by atoms with Crippen molar-refractivity contribution in [2.75, 3.05) is 38.4 Å². The largest absolute Gasteiger partial charge is 0.492 e. The number of aliphatic carboxylic acids is 1. The summed E-state index contributed by atoms with van der Waals surface area (Å²) in [6.07, 6.45) is -0.904. The molecule has 0 spiro atoms. The number of carboxylic acids is 1. The minimum atomic E-state index is -1.11. The van der Waals surface area contributed by atoms with E-state index in [2.05, 4.69) is 4.98 Å². The number of alkyl halides is 1. The van der Waals surface area contributed by atoms with Crippen LogP contribution in [0.5, 0.6) is 5.75 Å². The van der Waals surface area contributed by atoms with Gasteiger partial charge < -0.3 is 23.9 Å². The highest BCUT2D eigenvalue weighted by molar-refractivity contribution is 5.74. The Hall–Kier alpha value is -3.13. The average Bonchev–Trinajstić information content (AvgIpc) is 3.16. The molecule has 3 aromatic rings. The third-order valence-corrected chi connectivity index (χ3v) is 4.32. The van der Waals surface area contributed by atoms with Gasteiger partial charge in [-0.15, -0.1) is 0 Å². The Balaban J connectivity index is 1.48. The smallest absolute Gasteiger partial charge is 0.333 e. The van der Waals surface area contributed by atoms with Crippen molar-refractivity contribution >= 4 is 23.1 Å². The first-order chi connectivity index (χ1) is 14.1. The normalized spacial score (nSPS) is 12.1. The molecular weight excluding hydrogens is 378 g/mol. The van der Waals surface area contributed by atoms with Gasteiger partial charge in [-0.05, 0) is 29.8 Å². The van der Waals surface area contributed by atoms with E-state index in [-0.39, 0.29) is 13.0 Å². The van der Waals surface area contributed by atoms with Gasteiger partial charge in [-0.1, -0.05) is 24.3 Å². The van der Waals surface area contributed by atoms with Gasteiger partial charge in [-0.3, -0.25) is 0 Å². The van der Waals surface area contributed by atoms with E-state index in [0.29, 0.717) is 24.9 Å². The van der Waals surface area contributed by atoms with Crippen molar-refractivity contribution in [3.05, 3.63) is 54.1 Å². The first kappa shape index (κ1) is 20.6. The Morgan fingerprint density at radius 3 is 2.66 bits per heavy atom. The van der Waals surface area contributed by atoms with Gasteiger partial charge >= 0.3 is 5.97 Å². The van der Waals surface area contributed by atoms with Crippen LogP contribution < -0.4 is 9.64 Å². The summed E-state index contributed by atoms with van der Waals surface area (Å²) in [6.45, 7) is 0.0546. The molecular formula is C21H23FN2O5. The lowest BCUT2D eigenvalue weighted by Gasteiger charge is -2.15. The van der Waals surface area contributed by atoms with Crippen LogP contribution >= 0.6 is 0 Å². The molecule has 1 unspecified atom stereocenters. The summed E-state index contributed by atoms with van der Waals surface area (Å²) in [5.74, 6) is -0.447. The molecule has 0 amide bonds. The maximum atomic E-state index is 12.2. The highest BCUT2D eigenvalue weighted by Gasteiger charge is 2.18. The number of anilines is 1. The number of hydrogen-bond donors (Lipinski definition) is 1. The third kappa shape index (κ3) is 5.68. The van der Waals surface area contributed by atoms with Crippen LogP contribution in [0.3, 0.4) is 0 Å². The van der Waals surface area contributed by atoms with Crippen LogP contribution in [0.1, 0.15) is 5.56 Å². The first-order valence-corrected chi connectivity index (χ1v) is 9.25. The van der Waals surface area contributed by atoms with Gasteiger partial charge in [0.05, 0.1) is 13.2 Å². The van der Waals surface area contributed by atoms with Crippen molar-refractivity contribution in [3.63, 3.8) is 0 Å². The molecule has 0 saturated heterocycles. The Bertz CT molecular complexity index is 895. The minimum Gasteiger partial charge on any atom is -0.492 e. The number of carbonyl (C=O) groups is 1. The van der Waals surface area contributed by atoms with Gasteiger partial charge in [0, 0.05) is 13.5 Å². The molecule has 0 aliphatic rings.